The van der Waals surface area contributed by atoms with Crippen molar-refractivity contribution in [3.8, 4) is 11.1 Å². The maximum Gasteiger partial charge on any atom is 0.165 e. The molecule has 0 radical (unpaired) electrons. The molecular weight excluding hydrogens is 392 g/mol. The number of benzene rings is 2. The number of halogens is 3. The van der Waals surface area contributed by atoms with E-state index >= 15 is 0 Å². The molecule has 156 valence electrons. The molecule has 1 N–H and O–H groups in total. The molecule has 29 heavy (non-hydrogen) atoms. The molecule has 2 aromatic carbocycles. The topological polar surface area (TPSA) is 20.2 Å². The zero-order valence-corrected chi connectivity index (χ0v) is 17.7. The van der Waals surface area contributed by atoms with Crippen LogP contribution in [-0.4, -0.2) is 11.2 Å². The Kier molecular flexibility index (Phi) is 6.32. The molecule has 1 nitrogen and oxygen atoms in total. The van der Waals surface area contributed by atoms with Gasteiger partial charge in [-0.25, -0.2) is 13.2 Å². The van der Waals surface area contributed by atoms with E-state index in [2.05, 4.69) is 9.24 Å². The molecule has 1 atom stereocenters. The van der Waals surface area contributed by atoms with Gasteiger partial charge in [0.05, 0.1) is 6.10 Å². The van der Waals surface area contributed by atoms with Crippen molar-refractivity contribution in [1.82, 2.24) is 0 Å². The summed E-state index contributed by atoms with van der Waals surface area (Å²) in [5.41, 5.74) is 1.64. The predicted molar refractivity (Wildman–Crippen MR) is 114 cm³/mol. The van der Waals surface area contributed by atoms with Crippen molar-refractivity contribution in [2.45, 2.75) is 63.4 Å². The van der Waals surface area contributed by atoms with Gasteiger partial charge in [-0.1, -0.05) is 12.1 Å². The van der Waals surface area contributed by atoms with Crippen LogP contribution in [-0.2, 0) is 0 Å². The molecule has 0 bridgehead atoms. The van der Waals surface area contributed by atoms with Gasteiger partial charge in [0.2, 0.25) is 0 Å². The van der Waals surface area contributed by atoms with Gasteiger partial charge in [0.25, 0.3) is 0 Å². The van der Waals surface area contributed by atoms with Crippen LogP contribution in [0.5, 0.6) is 0 Å². The van der Waals surface area contributed by atoms with Crippen LogP contribution in [0.4, 0.5) is 13.2 Å². The average Bonchev–Trinajstić information content (AvgIpc) is 2.72. The van der Waals surface area contributed by atoms with E-state index in [1.807, 2.05) is 6.07 Å². The molecule has 0 aromatic heterocycles. The standard InChI is InChI=1S/C24H28F3OP/c25-21-11-17(7-10-20(21)18-12-22(26)24(27)23(29)13-18)16-3-1-14(2-4-16)15-5-8-19(28)9-6-15/h7,10-16,19,28H,1-6,8-9,29H2. The fourth-order valence-corrected chi connectivity index (χ4v) is 5.60. The summed E-state index contributed by atoms with van der Waals surface area (Å²) >= 11 is 0. The largest absolute Gasteiger partial charge is 0.393 e. The molecule has 0 amide bonds. The first kappa shape index (κ1) is 20.9. The van der Waals surface area contributed by atoms with Crippen molar-refractivity contribution in [3.05, 3.63) is 53.3 Å². The monoisotopic (exact) mass is 420 g/mol. The van der Waals surface area contributed by atoms with Crippen molar-refractivity contribution >= 4 is 14.5 Å². The Morgan fingerprint density at radius 3 is 1.97 bits per heavy atom. The molecule has 0 spiro atoms. The first-order chi connectivity index (χ1) is 13.9. The molecule has 2 aliphatic rings. The summed E-state index contributed by atoms with van der Waals surface area (Å²) in [6.45, 7) is 0. The van der Waals surface area contributed by atoms with E-state index in [1.54, 1.807) is 12.1 Å². The molecule has 0 aliphatic heterocycles. The SMILES string of the molecule is OC1CCC(C2CCC(c3ccc(-c4cc(F)c(F)c(P)c4)c(F)c3)CC2)CC1. The molecule has 2 aromatic rings. The lowest BCUT2D eigenvalue weighted by atomic mass is 9.69. The molecule has 2 aliphatic carbocycles. The summed E-state index contributed by atoms with van der Waals surface area (Å²) in [4.78, 5) is 0. The minimum Gasteiger partial charge on any atom is -0.393 e. The van der Waals surface area contributed by atoms with Crippen LogP contribution >= 0.6 is 9.24 Å². The van der Waals surface area contributed by atoms with Gasteiger partial charge >= 0.3 is 0 Å². The Hall–Kier alpha value is -1.38. The van der Waals surface area contributed by atoms with Crippen molar-refractivity contribution in [3.63, 3.8) is 0 Å². The van der Waals surface area contributed by atoms with Gasteiger partial charge in [-0.3, -0.25) is 0 Å². The number of hydrogen-bond acceptors (Lipinski definition) is 1. The Morgan fingerprint density at radius 1 is 0.759 bits per heavy atom. The summed E-state index contributed by atoms with van der Waals surface area (Å²) in [7, 11) is 2.15. The van der Waals surface area contributed by atoms with Crippen LogP contribution in [0.3, 0.4) is 0 Å². The number of aliphatic hydroxyl groups is 1. The van der Waals surface area contributed by atoms with E-state index in [9.17, 15) is 18.3 Å². The van der Waals surface area contributed by atoms with Gasteiger partial charge in [-0.15, -0.1) is 9.24 Å². The van der Waals surface area contributed by atoms with Crippen LogP contribution in [0, 0.1) is 29.3 Å². The zero-order valence-electron chi connectivity index (χ0n) is 16.5. The minimum absolute atomic E-state index is 0.0945. The van der Waals surface area contributed by atoms with Gasteiger partial charge in [-0.05, 0) is 98.4 Å². The first-order valence-corrected chi connectivity index (χ1v) is 11.2. The minimum atomic E-state index is -0.968. The van der Waals surface area contributed by atoms with Crippen molar-refractivity contribution in [1.29, 1.82) is 0 Å². The molecule has 0 heterocycles. The van der Waals surface area contributed by atoms with Crippen molar-refractivity contribution in [2.24, 2.45) is 11.8 Å². The highest BCUT2D eigenvalue weighted by atomic mass is 31.0. The molecule has 2 fully saturated rings. The number of rotatable bonds is 3. The maximum atomic E-state index is 14.8. The van der Waals surface area contributed by atoms with Crippen LogP contribution < -0.4 is 5.30 Å². The van der Waals surface area contributed by atoms with Gasteiger partial charge in [0, 0.05) is 10.9 Å². The third-order valence-corrected chi connectivity index (χ3v) is 7.43. The van der Waals surface area contributed by atoms with Gasteiger partial charge < -0.3 is 5.11 Å². The zero-order chi connectivity index (χ0) is 20.5. The highest BCUT2D eigenvalue weighted by Gasteiger charge is 2.31. The summed E-state index contributed by atoms with van der Waals surface area (Å²) in [5.74, 6) is -0.462. The van der Waals surface area contributed by atoms with Crippen LogP contribution in [0.2, 0.25) is 0 Å². The van der Waals surface area contributed by atoms with E-state index in [0.717, 1.165) is 74.8 Å². The van der Waals surface area contributed by atoms with Gasteiger partial charge in [0.15, 0.2) is 11.6 Å². The normalized spacial score (nSPS) is 27.8. The lowest BCUT2D eigenvalue weighted by molar-refractivity contribution is 0.0805. The van der Waals surface area contributed by atoms with Crippen molar-refractivity contribution < 1.29 is 18.3 Å². The quantitative estimate of drug-likeness (QED) is 0.595. The third-order valence-electron chi connectivity index (χ3n) is 7.01. The Labute approximate surface area is 172 Å². The van der Waals surface area contributed by atoms with E-state index in [0.29, 0.717) is 17.0 Å². The van der Waals surface area contributed by atoms with E-state index in [4.69, 9.17) is 0 Å². The molecule has 1 unspecified atom stereocenters. The van der Waals surface area contributed by atoms with Crippen LogP contribution in [0.25, 0.3) is 11.1 Å². The fourth-order valence-electron chi connectivity index (χ4n) is 5.28. The van der Waals surface area contributed by atoms with E-state index in [1.165, 1.54) is 6.07 Å². The highest BCUT2D eigenvalue weighted by molar-refractivity contribution is 7.27. The predicted octanol–water partition coefficient (Wildman–Crippen LogP) is 6.10. The Morgan fingerprint density at radius 2 is 1.38 bits per heavy atom. The summed E-state index contributed by atoms with van der Waals surface area (Å²) < 4.78 is 42.0. The third kappa shape index (κ3) is 4.54. The molecule has 0 saturated heterocycles. The van der Waals surface area contributed by atoms with Gasteiger partial charge in [0.1, 0.15) is 5.82 Å². The van der Waals surface area contributed by atoms with E-state index < -0.39 is 11.6 Å². The fraction of sp³-hybridized carbons (Fsp3) is 0.500. The molecule has 4 rings (SSSR count). The smallest absolute Gasteiger partial charge is 0.165 e. The second-order valence-electron chi connectivity index (χ2n) is 8.78. The summed E-state index contributed by atoms with van der Waals surface area (Å²) in [6, 6.07) is 7.70. The van der Waals surface area contributed by atoms with E-state index in [-0.39, 0.29) is 17.2 Å². The maximum absolute atomic E-state index is 14.8. The lowest BCUT2D eigenvalue weighted by Crippen LogP contribution is -2.27. The first-order valence-electron chi connectivity index (χ1n) is 10.6. The Bertz CT molecular complexity index is 845. The number of hydrogen-bond donors (Lipinski definition) is 1. The summed E-state index contributed by atoms with van der Waals surface area (Å²) in [6.07, 6.45) is 8.45. The van der Waals surface area contributed by atoms with Crippen LogP contribution in [0.1, 0.15) is 62.8 Å². The number of aliphatic hydroxyl groups excluding tert-OH is 1. The summed E-state index contributed by atoms with van der Waals surface area (Å²) in [5, 5.41) is 9.81. The van der Waals surface area contributed by atoms with Crippen molar-refractivity contribution in [2.75, 3.05) is 0 Å². The average molecular weight is 420 g/mol. The Balaban J connectivity index is 1.44. The second-order valence-corrected chi connectivity index (χ2v) is 9.40. The molecular formula is C24H28F3OP. The van der Waals surface area contributed by atoms with Gasteiger partial charge in [-0.2, -0.15) is 0 Å². The second kappa shape index (κ2) is 8.78. The lowest BCUT2D eigenvalue weighted by Gasteiger charge is -2.37. The molecule has 5 heteroatoms. The van der Waals surface area contributed by atoms with Crippen LogP contribution in [0.15, 0.2) is 30.3 Å². The molecule has 2 saturated carbocycles. The highest BCUT2D eigenvalue weighted by Crippen LogP contribution is 2.43.